The zero-order valence-corrected chi connectivity index (χ0v) is 15.5. The van der Waals surface area contributed by atoms with E-state index < -0.39 is 23.3 Å². The molecule has 0 saturated carbocycles. The Morgan fingerprint density at radius 3 is 2.04 bits per heavy atom. The highest BCUT2D eigenvalue weighted by Gasteiger charge is 2.54. The van der Waals surface area contributed by atoms with Crippen molar-refractivity contribution in [2.24, 2.45) is 22.2 Å². The van der Waals surface area contributed by atoms with E-state index in [9.17, 15) is 19.8 Å². The van der Waals surface area contributed by atoms with Gasteiger partial charge in [0.1, 0.15) is 5.41 Å². The van der Waals surface area contributed by atoms with Gasteiger partial charge in [0, 0.05) is 10.8 Å². The Kier molecular flexibility index (Phi) is 5.01. The number of carbonyl (C=O) groups is 2. The summed E-state index contributed by atoms with van der Waals surface area (Å²) in [5.74, 6) is -3.23. The summed E-state index contributed by atoms with van der Waals surface area (Å²) in [4.78, 5) is 24.3. The van der Waals surface area contributed by atoms with E-state index in [1.807, 2.05) is 13.0 Å². The lowest BCUT2D eigenvalue weighted by molar-refractivity contribution is -0.171. The summed E-state index contributed by atoms with van der Waals surface area (Å²) < 4.78 is 10.7. The molecular formula is C20H28O6. The van der Waals surface area contributed by atoms with Gasteiger partial charge < -0.3 is 19.7 Å². The molecule has 26 heavy (non-hydrogen) atoms. The van der Waals surface area contributed by atoms with Gasteiger partial charge in [0.25, 0.3) is 0 Å². The monoisotopic (exact) mass is 364 g/mol. The molecule has 6 heteroatoms. The number of ether oxygens (including phenoxy) is 2. The van der Waals surface area contributed by atoms with Gasteiger partial charge in [-0.1, -0.05) is 37.6 Å². The Morgan fingerprint density at radius 1 is 1.08 bits per heavy atom. The number of hydrogen-bond donors (Lipinski definition) is 2. The van der Waals surface area contributed by atoms with Crippen LogP contribution >= 0.6 is 0 Å². The summed E-state index contributed by atoms with van der Waals surface area (Å²) in [6, 6.07) is 0. The lowest BCUT2D eigenvalue weighted by atomic mass is 9.60. The van der Waals surface area contributed by atoms with Crippen molar-refractivity contribution in [2.45, 2.75) is 39.5 Å². The predicted octanol–water partition coefficient (Wildman–Crippen LogP) is 2.89. The average Bonchev–Trinajstić information content (AvgIpc) is 2.55. The minimum atomic E-state index is -1.43. The average molecular weight is 364 g/mol. The van der Waals surface area contributed by atoms with E-state index in [0.29, 0.717) is 26.4 Å². The van der Waals surface area contributed by atoms with E-state index in [2.05, 4.69) is 6.92 Å². The summed E-state index contributed by atoms with van der Waals surface area (Å²) in [6.07, 6.45) is 7.85. The van der Waals surface area contributed by atoms with Crippen LogP contribution in [0.1, 0.15) is 39.5 Å². The molecule has 6 nitrogen and oxygen atoms in total. The molecule has 2 fully saturated rings. The first-order valence-electron chi connectivity index (χ1n) is 9.32. The summed E-state index contributed by atoms with van der Waals surface area (Å²) in [6.45, 7) is 6.44. The normalized spacial score (nSPS) is 31.5. The first-order valence-corrected chi connectivity index (χ1v) is 9.32. The Bertz CT molecular complexity index is 630. The quantitative estimate of drug-likeness (QED) is 0.688. The second-order valence-electron chi connectivity index (χ2n) is 8.28. The highest BCUT2D eigenvalue weighted by molar-refractivity contribution is 5.87. The Hall–Kier alpha value is -1.66. The maximum absolute atomic E-state index is 12.2. The summed E-state index contributed by atoms with van der Waals surface area (Å²) in [5, 5.41) is 19.8. The molecule has 1 aliphatic carbocycles. The van der Waals surface area contributed by atoms with E-state index in [-0.39, 0.29) is 17.3 Å². The van der Waals surface area contributed by atoms with Crippen LogP contribution in [-0.4, -0.2) is 48.6 Å². The maximum Gasteiger partial charge on any atom is 0.314 e. The van der Waals surface area contributed by atoms with Crippen molar-refractivity contribution in [1.82, 2.24) is 0 Å². The molecule has 0 amide bonds. The maximum atomic E-state index is 12.2. The third-order valence-electron chi connectivity index (χ3n) is 6.57. The molecule has 2 atom stereocenters. The van der Waals surface area contributed by atoms with Crippen LogP contribution in [-0.2, 0) is 19.1 Å². The molecule has 3 rings (SSSR count). The van der Waals surface area contributed by atoms with Crippen molar-refractivity contribution in [3.8, 4) is 0 Å². The highest BCUT2D eigenvalue weighted by Crippen LogP contribution is 2.50. The van der Waals surface area contributed by atoms with Crippen molar-refractivity contribution < 1.29 is 29.3 Å². The molecule has 144 valence electrons. The molecular weight excluding hydrogens is 336 g/mol. The lowest BCUT2D eigenvalue weighted by Crippen LogP contribution is -2.52. The standard InChI is InChI=1S/C20H28O6/c1-3-18(10-25-11-18)8-14-5-6-20(17(23)24,15(7-14)16(21)22)9-19(4-2)12-26-13-19/h5-7,15H,3-4,8-13H2,1-2H3,(H,21,22)(H,23,24). The topological polar surface area (TPSA) is 93.1 Å². The molecule has 0 aromatic heterocycles. The van der Waals surface area contributed by atoms with Crippen LogP contribution < -0.4 is 0 Å². The molecule has 2 unspecified atom stereocenters. The molecule has 3 aliphatic rings. The van der Waals surface area contributed by atoms with Gasteiger partial charge in [-0.2, -0.15) is 0 Å². The minimum absolute atomic E-state index is 0.0505. The third-order valence-corrected chi connectivity index (χ3v) is 6.57. The molecule has 2 aliphatic heterocycles. The number of carboxylic acid groups (broad SMARTS) is 2. The number of allylic oxidation sites excluding steroid dienone is 2. The predicted molar refractivity (Wildman–Crippen MR) is 94.7 cm³/mol. The van der Waals surface area contributed by atoms with Gasteiger partial charge in [-0.25, -0.2) is 0 Å². The van der Waals surface area contributed by atoms with Crippen LogP contribution in [0, 0.1) is 22.2 Å². The van der Waals surface area contributed by atoms with Crippen LogP contribution in [0.15, 0.2) is 23.8 Å². The number of hydrogen-bond acceptors (Lipinski definition) is 4. The van der Waals surface area contributed by atoms with Crippen molar-refractivity contribution in [1.29, 1.82) is 0 Å². The first-order chi connectivity index (χ1) is 12.3. The van der Waals surface area contributed by atoms with Gasteiger partial charge in [0.15, 0.2) is 0 Å². The van der Waals surface area contributed by atoms with Gasteiger partial charge in [0.2, 0.25) is 0 Å². The molecule has 2 saturated heterocycles. The SMILES string of the molecule is CCC1(CC2=CC(C(=O)O)C(CC3(CC)COC3)(C(=O)O)C=C2)COC1. The van der Waals surface area contributed by atoms with Crippen LogP contribution in [0.3, 0.4) is 0 Å². The van der Waals surface area contributed by atoms with Crippen LogP contribution in [0.5, 0.6) is 0 Å². The Labute approximate surface area is 153 Å². The molecule has 0 aromatic rings. The summed E-state index contributed by atoms with van der Waals surface area (Å²) in [5.41, 5.74) is -0.733. The Balaban J connectivity index is 1.90. The van der Waals surface area contributed by atoms with Crippen molar-refractivity contribution >= 4 is 11.9 Å². The van der Waals surface area contributed by atoms with Gasteiger partial charge in [-0.05, 0) is 25.7 Å². The molecule has 0 radical (unpaired) electrons. The van der Waals surface area contributed by atoms with Gasteiger partial charge in [0.05, 0.1) is 32.3 Å². The number of aliphatic carboxylic acids is 2. The third kappa shape index (κ3) is 3.09. The van der Waals surface area contributed by atoms with Gasteiger partial charge >= 0.3 is 11.9 Å². The first kappa shape index (κ1) is 19.1. The van der Waals surface area contributed by atoms with E-state index in [1.165, 1.54) is 0 Å². The molecule has 0 bridgehead atoms. The number of rotatable bonds is 8. The molecule has 2 N–H and O–H groups in total. The summed E-state index contributed by atoms with van der Waals surface area (Å²) >= 11 is 0. The van der Waals surface area contributed by atoms with E-state index in [0.717, 1.165) is 24.8 Å². The van der Waals surface area contributed by atoms with Crippen molar-refractivity contribution in [2.75, 3.05) is 26.4 Å². The Morgan fingerprint density at radius 2 is 1.65 bits per heavy atom. The second-order valence-corrected chi connectivity index (χ2v) is 8.28. The van der Waals surface area contributed by atoms with E-state index >= 15 is 0 Å². The molecule has 2 heterocycles. The van der Waals surface area contributed by atoms with Gasteiger partial charge in [-0.15, -0.1) is 0 Å². The lowest BCUT2D eigenvalue weighted by Gasteiger charge is -2.47. The fourth-order valence-electron chi connectivity index (χ4n) is 4.33. The summed E-state index contributed by atoms with van der Waals surface area (Å²) in [7, 11) is 0. The minimum Gasteiger partial charge on any atom is -0.481 e. The molecule has 0 spiro atoms. The van der Waals surface area contributed by atoms with Crippen molar-refractivity contribution in [3.63, 3.8) is 0 Å². The van der Waals surface area contributed by atoms with Crippen molar-refractivity contribution in [3.05, 3.63) is 23.8 Å². The second kappa shape index (κ2) is 6.82. The zero-order chi connectivity index (χ0) is 19.0. The van der Waals surface area contributed by atoms with Gasteiger partial charge in [-0.3, -0.25) is 9.59 Å². The fourth-order valence-corrected chi connectivity index (χ4v) is 4.33. The van der Waals surface area contributed by atoms with Crippen LogP contribution in [0.4, 0.5) is 0 Å². The highest BCUT2D eigenvalue weighted by atomic mass is 16.5. The van der Waals surface area contributed by atoms with E-state index in [4.69, 9.17) is 9.47 Å². The van der Waals surface area contributed by atoms with Crippen LogP contribution in [0.2, 0.25) is 0 Å². The largest absolute Gasteiger partial charge is 0.481 e. The fraction of sp³-hybridized carbons (Fsp3) is 0.700. The molecule has 0 aromatic carbocycles. The van der Waals surface area contributed by atoms with E-state index in [1.54, 1.807) is 12.2 Å². The number of carboxylic acids is 2. The van der Waals surface area contributed by atoms with Crippen LogP contribution in [0.25, 0.3) is 0 Å². The zero-order valence-electron chi connectivity index (χ0n) is 15.5. The smallest absolute Gasteiger partial charge is 0.314 e.